The quantitative estimate of drug-likeness (QED) is 0.379. The second kappa shape index (κ2) is 5.20. The van der Waals surface area contributed by atoms with Crippen molar-refractivity contribution in [2.24, 2.45) is 16.3 Å². The van der Waals surface area contributed by atoms with Crippen molar-refractivity contribution in [1.29, 1.82) is 0 Å². The van der Waals surface area contributed by atoms with E-state index in [-0.39, 0.29) is 5.84 Å². The minimum Gasteiger partial charge on any atom is -0.409 e. The van der Waals surface area contributed by atoms with Gasteiger partial charge in [0.25, 0.3) is 0 Å². The lowest BCUT2D eigenvalue weighted by molar-refractivity contribution is 0.318. The minimum atomic E-state index is 0.163. The maximum absolute atomic E-state index is 9.08. The summed E-state index contributed by atoms with van der Waals surface area (Å²) in [5.41, 5.74) is 9.41. The van der Waals surface area contributed by atoms with Crippen LogP contribution in [-0.2, 0) is 12.8 Å². The van der Waals surface area contributed by atoms with E-state index in [1.54, 1.807) is 0 Å². The molecule has 21 heavy (non-hydrogen) atoms. The molecular weight excluding hydrogens is 264 g/mol. The predicted octanol–water partition coefficient (Wildman–Crippen LogP) is 2.29. The van der Waals surface area contributed by atoms with E-state index in [1.807, 2.05) is 0 Å². The Morgan fingerprint density at radius 2 is 2.14 bits per heavy atom. The van der Waals surface area contributed by atoms with Gasteiger partial charge in [0.15, 0.2) is 5.84 Å². The van der Waals surface area contributed by atoms with E-state index in [2.05, 4.69) is 30.0 Å². The third kappa shape index (κ3) is 2.69. The fourth-order valence-corrected chi connectivity index (χ4v) is 3.40. The van der Waals surface area contributed by atoms with Gasteiger partial charge in [0, 0.05) is 18.8 Å². The summed E-state index contributed by atoms with van der Waals surface area (Å²) in [7, 11) is 0. The highest BCUT2D eigenvalue weighted by atomic mass is 16.4. The molecular formula is C16H24N4O. The number of oxime groups is 1. The van der Waals surface area contributed by atoms with Gasteiger partial charge in [-0.25, -0.2) is 4.98 Å². The molecule has 0 radical (unpaired) electrons. The van der Waals surface area contributed by atoms with Crippen LogP contribution in [0.4, 0.5) is 5.82 Å². The maximum Gasteiger partial charge on any atom is 0.173 e. The zero-order valence-electron chi connectivity index (χ0n) is 12.9. The van der Waals surface area contributed by atoms with Crippen molar-refractivity contribution in [1.82, 2.24) is 4.98 Å². The van der Waals surface area contributed by atoms with Crippen LogP contribution in [0, 0.1) is 5.41 Å². The van der Waals surface area contributed by atoms with Crippen LogP contribution in [0.15, 0.2) is 11.2 Å². The third-order valence-electron chi connectivity index (χ3n) is 4.64. The van der Waals surface area contributed by atoms with E-state index in [0.717, 1.165) is 43.7 Å². The van der Waals surface area contributed by atoms with Crippen LogP contribution in [0.3, 0.4) is 0 Å². The van der Waals surface area contributed by atoms with Crippen LogP contribution in [-0.4, -0.2) is 29.1 Å². The van der Waals surface area contributed by atoms with E-state index < -0.39 is 0 Å². The molecule has 2 aliphatic rings. The average molecular weight is 288 g/mol. The Hall–Kier alpha value is -1.78. The zero-order chi connectivity index (χ0) is 15.0. The summed E-state index contributed by atoms with van der Waals surface area (Å²) in [6.07, 6.45) is 5.62. The number of aryl methyl sites for hydroxylation is 2. The first-order chi connectivity index (χ1) is 10.00. The van der Waals surface area contributed by atoms with Gasteiger partial charge in [-0.2, -0.15) is 0 Å². The number of pyridine rings is 1. The van der Waals surface area contributed by atoms with E-state index in [1.165, 1.54) is 24.1 Å². The summed E-state index contributed by atoms with van der Waals surface area (Å²) in [6, 6.07) is 2.08. The average Bonchev–Trinajstić information content (AvgIpc) is 2.85. The van der Waals surface area contributed by atoms with E-state index >= 15 is 0 Å². The Kier molecular flexibility index (Phi) is 3.51. The van der Waals surface area contributed by atoms with Crippen molar-refractivity contribution >= 4 is 11.7 Å². The molecule has 3 N–H and O–H groups in total. The van der Waals surface area contributed by atoms with Gasteiger partial charge in [-0.3, -0.25) is 0 Å². The lowest BCUT2D eigenvalue weighted by Crippen LogP contribution is -2.28. The first kappa shape index (κ1) is 14.2. The second-order valence-electron chi connectivity index (χ2n) is 6.99. The predicted molar refractivity (Wildman–Crippen MR) is 84.0 cm³/mol. The van der Waals surface area contributed by atoms with Crippen molar-refractivity contribution < 1.29 is 5.21 Å². The van der Waals surface area contributed by atoms with Crippen LogP contribution in [0.1, 0.15) is 49.9 Å². The number of nitrogens with zero attached hydrogens (tertiary/aromatic N) is 3. The van der Waals surface area contributed by atoms with Gasteiger partial charge in [0.1, 0.15) is 5.82 Å². The molecule has 0 saturated carbocycles. The van der Waals surface area contributed by atoms with Gasteiger partial charge >= 0.3 is 0 Å². The van der Waals surface area contributed by atoms with Gasteiger partial charge < -0.3 is 15.8 Å². The monoisotopic (exact) mass is 288 g/mol. The van der Waals surface area contributed by atoms with Crippen molar-refractivity contribution in [2.45, 2.75) is 46.0 Å². The molecule has 1 aromatic heterocycles. The molecule has 1 fully saturated rings. The highest BCUT2D eigenvalue weighted by Crippen LogP contribution is 2.34. The summed E-state index contributed by atoms with van der Waals surface area (Å²) in [6.45, 7) is 6.48. The standard InChI is InChI=1S/C16H24N4O/c1-16(2)7-8-20(10-16)15-12(14(17)19-21)9-11-5-3-4-6-13(11)18-15/h9,21H,3-8,10H2,1-2H3,(H2,17,19). The fraction of sp³-hybridized carbons (Fsp3) is 0.625. The Bertz CT molecular complexity index is 580. The lowest BCUT2D eigenvalue weighted by atomic mass is 9.93. The van der Waals surface area contributed by atoms with Gasteiger partial charge in [0.05, 0.1) is 5.56 Å². The van der Waals surface area contributed by atoms with Gasteiger partial charge in [0.2, 0.25) is 0 Å². The summed E-state index contributed by atoms with van der Waals surface area (Å²) in [5, 5.41) is 12.3. The Labute approximate surface area is 125 Å². The number of aromatic nitrogens is 1. The Morgan fingerprint density at radius 3 is 2.81 bits per heavy atom. The summed E-state index contributed by atoms with van der Waals surface area (Å²) in [4.78, 5) is 7.16. The van der Waals surface area contributed by atoms with E-state index in [4.69, 9.17) is 15.9 Å². The van der Waals surface area contributed by atoms with E-state index in [0.29, 0.717) is 5.41 Å². The van der Waals surface area contributed by atoms with Crippen LogP contribution in [0.25, 0.3) is 0 Å². The van der Waals surface area contributed by atoms with Crippen molar-refractivity contribution in [2.75, 3.05) is 18.0 Å². The van der Waals surface area contributed by atoms with Crippen LogP contribution < -0.4 is 10.6 Å². The molecule has 3 rings (SSSR count). The maximum atomic E-state index is 9.08. The summed E-state index contributed by atoms with van der Waals surface area (Å²) < 4.78 is 0. The van der Waals surface area contributed by atoms with Gasteiger partial charge in [-0.15, -0.1) is 0 Å². The summed E-state index contributed by atoms with van der Waals surface area (Å²) >= 11 is 0. The number of hydrogen-bond acceptors (Lipinski definition) is 4. The number of rotatable bonds is 2. The van der Waals surface area contributed by atoms with Crippen LogP contribution in [0.5, 0.6) is 0 Å². The largest absolute Gasteiger partial charge is 0.409 e. The van der Waals surface area contributed by atoms with Gasteiger partial charge in [-0.05, 0) is 49.1 Å². The molecule has 0 spiro atoms. The molecule has 114 valence electrons. The molecule has 0 aromatic carbocycles. The van der Waals surface area contributed by atoms with Crippen LogP contribution in [0.2, 0.25) is 0 Å². The number of anilines is 1. The molecule has 1 aromatic rings. The molecule has 1 aliphatic heterocycles. The molecule has 1 aliphatic carbocycles. The SMILES string of the molecule is CC1(C)CCN(c2nc3c(cc2C(N)=NO)CCCC3)C1. The first-order valence-electron chi connectivity index (χ1n) is 7.76. The normalized spacial score (nSPS) is 21.4. The highest BCUT2D eigenvalue weighted by molar-refractivity contribution is 6.01. The highest BCUT2D eigenvalue weighted by Gasteiger charge is 2.32. The van der Waals surface area contributed by atoms with Crippen molar-refractivity contribution in [3.8, 4) is 0 Å². The fourth-order valence-electron chi connectivity index (χ4n) is 3.40. The van der Waals surface area contributed by atoms with Crippen molar-refractivity contribution in [3.05, 3.63) is 22.9 Å². The zero-order valence-corrected chi connectivity index (χ0v) is 12.9. The van der Waals surface area contributed by atoms with Crippen molar-refractivity contribution in [3.63, 3.8) is 0 Å². The summed E-state index contributed by atoms with van der Waals surface area (Å²) in [5.74, 6) is 1.05. The first-order valence-corrected chi connectivity index (χ1v) is 7.76. The molecule has 2 heterocycles. The Morgan fingerprint density at radius 1 is 1.38 bits per heavy atom. The van der Waals surface area contributed by atoms with E-state index in [9.17, 15) is 0 Å². The molecule has 0 bridgehead atoms. The topological polar surface area (TPSA) is 74.7 Å². The Balaban J connectivity index is 2.05. The van der Waals surface area contributed by atoms with Crippen LogP contribution >= 0.6 is 0 Å². The minimum absolute atomic E-state index is 0.163. The molecule has 1 saturated heterocycles. The lowest BCUT2D eigenvalue weighted by Gasteiger charge is -2.25. The van der Waals surface area contributed by atoms with Gasteiger partial charge in [-0.1, -0.05) is 19.0 Å². The number of fused-ring (bicyclic) bond motifs is 1. The molecule has 5 nitrogen and oxygen atoms in total. The molecule has 0 amide bonds. The molecule has 0 unspecified atom stereocenters. The number of amidine groups is 1. The number of hydrogen-bond donors (Lipinski definition) is 2. The number of nitrogens with two attached hydrogens (primary N) is 1. The molecule has 0 atom stereocenters. The second-order valence-corrected chi connectivity index (χ2v) is 6.99. The third-order valence-corrected chi connectivity index (χ3v) is 4.64. The smallest absolute Gasteiger partial charge is 0.173 e. The molecule has 5 heteroatoms.